The fraction of sp³-hybridized carbons (Fsp3) is 0.588. The summed E-state index contributed by atoms with van der Waals surface area (Å²) in [7, 11) is 0. The molecule has 1 spiro atoms. The lowest BCUT2D eigenvalue weighted by Crippen LogP contribution is -2.60. The number of carbonyl (C=O) groups excluding carboxylic acids is 4. The molecule has 3 saturated heterocycles. The van der Waals surface area contributed by atoms with E-state index in [0.717, 1.165) is 5.56 Å². The number of halogens is 1. The van der Waals surface area contributed by atoms with Gasteiger partial charge in [0, 0.05) is 23.8 Å². The smallest absolute Gasteiger partial charge is 0.306 e. The van der Waals surface area contributed by atoms with Crippen molar-refractivity contribution in [2.75, 3.05) is 19.8 Å². The summed E-state index contributed by atoms with van der Waals surface area (Å²) in [6, 6.07) is 6.63. The lowest BCUT2D eigenvalue weighted by molar-refractivity contribution is -0.153. The van der Waals surface area contributed by atoms with Crippen LogP contribution in [0.2, 0.25) is 0 Å². The van der Waals surface area contributed by atoms with Crippen LogP contribution in [0, 0.1) is 17.8 Å². The molecular weight excluding hydrogens is 642 g/mol. The molecule has 2 N–H and O–H groups in total. The van der Waals surface area contributed by atoms with Crippen molar-refractivity contribution in [2.45, 2.75) is 87.7 Å². The summed E-state index contributed by atoms with van der Waals surface area (Å²) in [6.07, 6.45) is 3.62. The molecule has 2 bridgehead atoms. The normalized spacial score (nSPS) is 28.1. The van der Waals surface area contributed by atoms with Crippen molar-refractivity contribution in [3.05, 3.63) is 61.2 Å². The van der Waals surface area contributed by atoms with E-state index in [1.54, 1.807) is 17.1 Å². The zero-order valence-electron chi connectivity index (χ0n) is 26.6. The predicted octanol–water partition coefficient (Wildman–Crippen LogP) is 3.54. The van der Waals surface area contributed by atoms with Crippen LogP contribution < -0.4 is 5.32 Å². The average molecular weight is 689 g/mol. The molecule has 4 rings (SSSR count). The van der Waals surface area contributed by atoms with E-state index < -0.39 is 53.5 Å². The molecule has 3 aliphatic heterocycles. The molecule has 3 fully saturated rings. The van der Waals surface area contributed by atoms with Gasteiger partial charge in [0.15, 0.2) is 0 Å². The third kappa shape index (κ3) is 6.62. The lowest BCUT2D eigenvalue weighted by atomic mass is 9.70. The van der Waals surface area contributed by atoms with E-state index in [1.165, 1.54) is 4.90 Å². The summed E-state index contributed by atoms with van der Waals surface area (Å²) in [5, 5.41) is 13.5. The number of amides is 3. The number of hydrogen-bond acceptors (Lipinski definition) is 7. The number of allylic oxidation sites excluding steroid dienone is 1. The van der Waals surface area contributed by atoms with E-state index >= 15 is 0 Å². The Balaban J connectivity index is 1.71. The summed E-state index contributed by atoms with van der Waals surface area (Å²) in [4.78, 5) is 58.4. The maximum Gasteiger partial charge on any atom is 0.306 e. The Morgan fingerprint density at radius 1 is 1.20 bits per heavy atom. The second-order valence-electron chi connectivity index (χ2n) is 12.8. The third-order valence-corrected chi connectivity index (χ3v) is 10.1. The molecule has 1 aromatic rings. The standard InChI is InChI=1S/C34H46BrN3O7/c1-7-9-15-26(40)44-19-24(22-13-11-10-12-14-22)36-31(41)27-28-32(42)38(25(18-39)20(3)4)30(33(43)37(16-8-2)21(5)6)34(28)17-23(35)29(27)45-34/h7-8,10-14,20-21,23-25,27-30,39H,1-2,9,15-19H2,3-6H3,(H,36,41)/t23?,24-,25-,27+,28-,29+,30+,34-/m0/s1. The topological polar surface area (TPSA) is 125 Å². The molecule has 3 aliphatic rings. The summed E-state index contributed by atoms with van der Waals surface area (Å²) < 4.78 is 12.2. The predicted molar refractivity (Wildman–Crippen MR) is 173 cm³/mol. The Morgan fingerprint density at radius 2 is 1.89 bits per heavy atom. The van der Waals surface area contributed by atoms with Crippen LogP contribution in [0.15, 0.2) is 55.6 Å². The molecule has 3 amide bonds. The minimum Gasteiger partial charge on any atom is -0.463 e. The van der Waals surface area contributed by atoms with Gasteiger partial charge in [-0.05, 0) is 38.2 Å². The average Bonchev–Trinajstić information content (AvgIpc) is 3.60. The van der Waals surface area contributed by atoms with E-state index in [-0.39, 0.29) is 54.8 Å². The van der Waals surface area contributed by atoms with Crippen LogP contribution in [0.3, 0.4) is 0 Å². The number of aliphatic hydroxyl groups is 1. The molecule has 1 aromatic carbocycles. The molecule has 0 radical (unpaired) electrons. The molecule has 8 atom stereocenters. The van der Waals surface area contributed by atoms with Crippen LogP contribution in [0.1, 0.15) is 58.6 Å². The Labute approximate surface area is 274 Å². The number of ether oxygens (including phenoxy) is 2. The summed E-state index contributed by atoms with van der Waals surface area (Å²) in [5.74, 6) is -3.54. The van der Waals surface area contributed by atoms with Gasteiger partial charge in [0.25, 0.3) is 0 Å². The quantitative estimate of drug-likeness (QED) is 0.164. The van der Waals surface area contributed by atoms with Crippen LogP contribution in [0.5, 0.6) is 0 Å². The monoisotopic (exact) mass is 687 g/mol. The van der Waals surface area contributed by atoms with Crippen molar-refractivity contribution in [1.29, 1.82) is 0 Å². The van der Waals surface area contributed by atoms with E-state index in [2.05, 4.69) is 34.4 Å². The highest BCUT2D eigenvalue weighted by Gasteiger charge is 2.77. The van der Waals surface area contributed by atoms with Gasteiger partial charge in [-0.3, -0.25) is 19.2 Å². The summed E-state index contributed by atoms with van der Waals surface area (Å²) in [5.41, 5.74) is -0.536. The minimum atomic E-state index is -1.27. The summed E-state index contributed by atoms with van der Waals surface area (Å²) in [6.45, 7) is 14.9. The Morgan fingerprint density at radius 3 is 2.47 bits per heavy atom. The third-order valence-electron chi connectivity index (χ3n) is 9.29. The number of hydrogen-bond donors (Lipinski definition) is 2. The maximum atomic E-state index is 14.5. The first kappa shape index (κ1) is 34.8. The van der Waals surface area contributed by atoms with Gasteiger partial charge >= 0.3 is 5.97 Å². The first-order valence-electron chi connectivity index (χ1n) is 15.7. The fourth-order valence-electron chi connectivity index (χ4n) is 7.12. The SMILES string of the molecule is C=CCCC(=O)OC[C@H](NC(=O)[C@H]1[C@@H]2O[C@@]3(CC2Br)[C@@H]1C(=O)N([C@@H](CO)C(C)C)[C@@H]3C(=O)N(CC=C)C(C)C)c1ccccc1. The van der Waals surface area contributed by atoms with E-state index in [0.29, 0.717) is 12.8 Å². The van der Waals surface area contributed by atoms with E-state index in [4.69, 9.17) is 9.47 Å². The number of likely N-dealkylation sites (tertiary alicyclic amines) is 1. The minimum absolute atomic E-state index is 0.0937. The van der Waals surface area contributed by atoms with Crippen LogP contribution >= 0.6 is 15.9 Å². The van der Waals surface area contributed by atoms with Crippen LogP contribution in [-0.2, 0) is 28.7 Å². The molecule has 1 unspecified atom stereocenters. The van der Waals surface area contributed by atoms with Crippen molar-refractivity contribution in [2.24, 2.45) is 17.8 Å². The van der Waals surface area contributed by atoms with Crippen molar-refractivity contribution < 1.29 is 33.8 Å². The molecule has 45 heavy (non-hydrogen) atoms. The summed E-state index contributed by atoms with van der Waals surface area (Å²) >= 11 is 3.71. The van der Waals surface area contributed by atoms with Gasteiger partial charge in [-0.2, -0.15) is 0 Å². The molecule has 246 valence electrons. The largest absolute Gasteiger partial charge is 0.463 e. The van der Waals surface area contributed by atoms with Crippen molar-refractivity contribution in [3.63, 3.8) is 0 Å². The van der Waals surface area contributed by atoms with Gasteiger partial charge in [-0.1, -0.05) is 72.3 Å². The highest BCUT2D eigenvalue weighted by Crippen LogP contribution is 2.60. The molecule has 0 saturated carbocycles. The number of benzene rings is 1. The van der Waals surface area contributed by atoms with Gasteiger partial charge in [0.1, 0.15) is 18.2 Å². The van der Waals surface area contributed by atoms with Crippen LogP contribution in [-0.4, -0.2) is 93.0 Å². The first-order valence-corrected chi connectivity index (χ1v) is 16.6. The van der Waals surface area contributed by atoms with E-state index in [1.807, 2.05) is 58.0 Å². The highest BCUT2D eigenvalue weighted by molar-refractivity contribution is 9.09. The number of rotatable bonds is 15. The Hall–Kier alpha value is -3.02. The van der Waals surface area contributed by atoms with Crippen molar-refractivity contribution in [1.82, 2.24) is 15.1 Å². The molecular formula is C34H46BrN3O7. The number of fused-ring (bicyclic) bond motifs is 1. The van der Waals surface area contributed by atoms with E-state index in [9.17, 15) is 24.3 Å². The molecule has 11 heteroatoms. The number of aliphatic hydroxyl groups excluding tert-OH is 1. The van der Waals surface area contributed by atoms with Crippen LogP contribution in [0.25, 0.3) is 0 Å². The number of alkyl halides is 1. The second-order valence-corrected chi connectivity index (χ2v) is 13.9. The number of nitrogens with one attached hydrogen (secondary N) is 1. The fourth-order valence-corrected chi connectivity index (χ4v) is 8.06. The van der Waals surface area contributed by atoms with Crippen molar-refractivity contribution >= 4 is 39.6 Å². The van der Waals surface area contributed by atoms with Gasteiger partial charge in [-0.25, -0.2) is 0 Å². The van der Waals surface area contributed by atoms with Crippen molar-refractivity contribution in [3.8, 4) is 0 Å². The number of esters is 1. The molecule has 0 aliphatic carbocycles. The van der Waals surface area contributed by atoms with Gasteiger partial charge in [0.2, 0.25) is 17.7 Å². The Kier molecular flexibility index (Phi) is 11.3. The molecule has 10 nitrogen and oxygen atoms in total. The zero-order chi connectivity index (χ0) is 33.1. The highest BCUT2D eigenvalue weighted by atomic mass is 79.9. The molecule has 3 heterocycles. The zero-order valence-corrected chi connectivity index (χ0v) is 28.1. The van der Waals surface area contributed by atoms with Gasteiger partial charge in [-0.15, -0.1) is 13.2 Å². The Bertz CT molecular complexity index is 1270. The van der Waals surface area contributed by atoms with Crippen LogP contribution in [0.4, 0.5) is 0 Å². The number of nitrogens with zero attached hydrogens (tertiary/aromatic N) is 2. The maximum absolute atomic E-state index is 14.5. The van der Waals surface area contributed by atoms with Gasteiger partial charge < -0.3 is 29.7 Å². The van der Waals surface area contributed by atoms with Gasteiger partial charge in [0.05, 0.1) is 36.6 Å². The second kappa shape index (κ2) is 14.6. The molecule has 0 aromatic heterocycles. The lowest BCUT2D eigenvalue weighted by Gasteiger charge is -2.41. The number of carbonyl (C=O) groups is 4. The first-order chi connectivity index (χ1) is 21.4.